The van der Waals surface area contributed by atoms with Crippen LogP contribution in [0.1, 0.15) is 19.0 Å². The molecule has 3 aromatic rings. The molecule has 0 spiro atoms. The van der Waals surface area contributed by atoms with E-state index >= 15 is 0 Å². The molecule has 0 aliphatic rings. The summed E-state index contributed by atoms with van der Waals surface area (Å²) in [4.78, 5) is 18.6. The summed E-state index contributed by atoms with van der Waals surface area (Å²) in [5.41, 5.74) is 2.13. The molecule has 6 heteroatoms. The van der Waals surface area contributed by atoms with Crippen molar-refractivity contribution in [3.8, 4) is 0 Å². The largest absolute Gasteiger partial charge is 0.391 e. The molecule has 0 saturated heterocycles. The van der Waals surface area contributed by atoms with Crippen molar-refractivity contribution >= 4 is 11.3 Å². The number of aromatic amines is 1. The van der Waals surface area contributed by atoms with Gasteiger partial charge in [-0.2, -0.15) is 0 Å². The minimum atomic E-state index is -0.424. The summed E-state index contributed by atoms with van der Waals surface area (Å²) in [5, 5.41) is 12.9. The van der Waals surface area contributed by atoms with Crippen molar-refractivity contribution < 1.29 is 5.11 Å². The minimum Gasteiger partial charge on any atom is -0.391 e. The summed E-state index contributed by atoms with van der Waals surface area (Å²) >= 11 is 0. The van der Waals surface area contributed by atoms with Crippen LogP contribution in [0.15, 0.2) is 53.5 Å². The third kappa shape index (κ3) is 3.43. The van der Waals surface area contributed by atoms with Gasteiger partial charge in [0.15, 0.2) is 5.65 Å². The Balaban J connectivity index is 1.91. The van der Waals surface area contributed by atoms with Gasteiger partial charge in [0.25, 0.3) is 5.56 Å². The summed E-state index contributed by atoms with van der Waals surface area (Å²) in [5.74, 6) is 0. The molecule has 2 heterocycles. The lowest BCUT2D eigenvalue weighted by molar-refractivity contribution is 0.175. The number of nitrogens with one attached hydrogen (secondary N) is 1. The average Bonchev–Trinajstić information content (AvgIpc) is 3.04. The summed E-state index contributed by atoms with van der Waals surface area (Å²) in [7, 11) is 0. The van der Waals surface area contributed by atoms with Gasteiger partial charge in [0.1, 0.15) is 0 Å². The number of aliphatic hydroxyl groups is 1. The van der Waals surface area contributed by atoms with Gasteiger partial charge in [0.2, 0.25) is 0 Å². The first-order chi connectivity index (χ1) is 11.2. The number of anilines is 1. The zero-order valence-electron chi connectivity index (χ0n) is 13.0. The van der Waals surface area contributed by atoms with Crippen molar-refractivity contribution in [3.63, 3.8) is 0 Å². The third-order valence-corrected chi connectivity index (χ3v) is 3.81. The zero-order valence-corrected chi connectivity index (χ0v) is 13.0. The van der Waals surface area contributed by atoms with E-state index in [0.29, 0.717) is 30.9 Å². The van der Waals surface area contributed by atoms with Gasteiger partial charge in [-0.3, -0.25) is 9.89 Å². The van der Waals surface area contributed by atoms with Crippen LogP contribution in [0.3, 0.4) is 0 Å². The molecule has 23 heavy (non-hydrogen) atoms. The van der Waals surface area contributed by atoms with Crippen LogP contribution in [0, 0.1) is 0 Å². The van der Waals surface area contributed by atoms with E-state index in [0.717, 1.165) is 5.69 Å². The predicted octanol–water partition coefficient (Wildman–Crippen LogP) is 1.80. The molecule has 2 N–H and O–H groups in total. The number of para-hydroxylation sites is 1. The summed E-state index contributed by atoms with van der Waals surface area (Å²) in [6.07, 6.45) is 1.94. The summed E-state index contributed by atoms with van der Waals surface area (Å²) in [6, 6.07) is 13.1. The molecule has 3 rings (SSSR count). The Morgan fingerprint density at radius 3 is 2.83 bits per heavy atom. The van der Waals surface area contributed by atoms with Crippen LogP contribution in [-0.2, 0) is 6.54 Å². The van der Waals surface area contributed by atoms with Crippen molar-refractivity contribution in [2.45, 2.75) is 26.0 Å². The Bertz CT molecular complexity index is 825. The van der Waals surface area contributed by atoms with E-state index in [1.807, 2.05) is 42.2 Å². The summed E-state index contributed by atoms with van der Waals surface area (Å²) < 4.78 is 1.40. The monoisotopic (exact) mass is 312 g/mol. The number of fused-ring (bicyclic) bond motifs is 1. The number of rotatable bonds is 6. The molecule has 1 aromatic carbocycles. The van der Waals surface area contributed by atoms with E-state index in [-0.39, 0.29) is 5.56 Å². The number of H-pyrrole nitrogens is 1. The number of benzene rings is 1. The zero-order chi connectivity index (χ0) is 16.2. The van der Waals surface area contributed by atoms with Gasteiger partial charge in [-0.05, 0) is 18.6 Å². The van der Waals surface area contributed by atoms with Crippen LogP contribution >= 0.6 is 0 Å². The van der Waals surface area contributed by atoms with Crippen molar-refractivity contribution in [1.29, 1.82) is 0 Å². The lowest BCUT2D eigenvalue weighted by atomic mass is 10.2. The van der Waals surface area contributed by atoms with Crippen LogP contribution in [0.25, 0.3) is 5.65 Å². The molecule has 0 saturated carbocycles. The fraction of sp³-hybridized carbons (Fsp3) is 0.294. The second-order valence-electron chi connectivity index (χ2n) is 5.52. The Morgan fingerprint density at radius 1 is 1.30 bits per heavy atom. The highest BCUT2D eigenvalue weighted by Crippen LogP contribution is 2.17. The molecular weight excluding hydrogens is 292 g/mol. The van der Waals surface area contributed by atoms with Crippen molar-refractivity contribution in [1.82, 2.24) is 14.6 Å². The SMILES string of the molecule is CCC(O)CN(Cc1cc(=O)n2[nH]ccc2n1)c1ccccc1. The van der Waals surface area contributed by atoms with Crippen molar-refractivity contribution in [3.05, 3.63) is 64.7 Å². The van der Waals surface area contributed by atoms with Crippen LogP contribution in [-0.4, -0.2) is 32.4 Å². The van der Waals surface area contributed by atoms with Gasteiger partial charge >= 0.3 is 0 Å². The normalized spacial score (nSPS) is 12.4. The van der Waals surface area contributed by atoms with Crippen LogP contribution < -0.4 is 10.5 Å². The Morgan fingerprint density at radius 2 is 2.09 bits per heavy atom. The van der Waals surface area contributed by atoms with Crippen LogP contribution in [0.2, 0.25) is 0 Å². The maximum Gasteiger partial charge on any atom is 0.272 e. The number of nitrogens with zero attached hydrogens (tertiary/aromatic N) is 3. The standard InChI is InChI=1S/C17H20N4O2/c1-2-15(22)12-20(14-6-4-3-5-7-14)11-13-10-17(23)21-16(19-13)8-9-18-21/h3-10,15,18,22H,2,11-12H2,1H3. The maximum absolute atomic E-state index is 12.1. The fourth-order valence-electron chi connectivity index (χ4n) is 2.54. The van der Waals surface area contributed by atoms with E-state index in [1.165, 1.54) is 10.6 Å². The highest BCUT2D eigenvalue weighted by molar-refractivity contribution is 5.47. The molecular formula is C17H20N4O2. The van der Waals surface area contributed by atoms with Gasteiger partial charge < -0.3 is 10.0 Å². The number of hydrogen-bond donors (Lipinski definition) is 2. The predicted molar refractivity (Wildman–Crippen MR) is 89.6 cm³/mol. The van der Waals surface area contributed by atoms with E-state index in [2.05, 4.69) is 10.1 Å². The first-order valence-electron chi connectivity index (χ1n) is 7.71. The molecule has 0 fully saturated rings. The van der Waals surface area contributed by atoms with Gasteiger partial charge in [-0.1, -0.05) is 25.1 Å². The van der Waals surface area contributed by atoms with Gasteiger partial charge in [-0.15, -0.1) is 0 Å². The fourth-order valence-corrected chi connectivity index (χ4v) is 2.54. The van der Waals surface area contributed by atoms with E-state index < -0.39 is 6.10 Å². The van der Waals surface area contributed by atoms with Crippen LogP contribution in [0.4, 0.5) is 5.69 Å². The van der Waals surface area contributed by atoms with Crippen LogP contribution in [0.5, 0.6) is 0 Å². The van der Waals surface area contributed by atoms with E-state index in [9.17, 15) is 9.90 Å². The number of aromatic nitrogens is 3. The van der Waals surface area contributed by atoms with E-state index in [1.54, 1.807) is 12.3 Å². The molecule has 2 aromatic heterocycles. The highest BCUT2D eigenvalue weighted by Gasteiger charge is 2.13. The Hall–Kier alpha value is -2.60. The maximum atomic E-state index is 12.1. The molecule has 0 aliphatic heterocycles. The lowest BCUT2D eigenvalue weighted by Crippen LogP contribution is -2.32. The van der Waals surface area contributed by atoms with Gasteiger partial charge in [-0.25, -0.2) is 9.50 Å². The van der Waals surface area contributed by atoms with E-state index in [4.69, 9.17) is 0 Å². The molecule has 0 radical (unpaired) electrons. The number of hydrogen-bond acceptors (Lipinski definition) is 4. The molecule has 0 amide bonds. The average molecular weight is 312 g/mol. The molecule has 0 aliphatic carbocycles. The van der Waals surface area contributed by atoms with Gasteiger partial charge in [0.05, 0.1) is 18.3 Å². The Labute approximate surface area is 134 Å². The first kappa shape index (κ1) is 15.3. The molecule has 0 bridgehead atoms. The molecule has 120 valence electrons. The quantitative estimate of drug-likeness (QED) is 0.728. The molecule has 1 unspecified atom stereocenters. The number of aliphatic hydroxyl groups excluding tert-OH is 1. The first-order valence-corrected chi connectivity index (χ1v) is 7.71. The lowest BCUT2D eigenvalue weighted by Gasteiger charge is -2.26. The molecule has 1 atom stereocenters. The summed E-state index contributed by atoms with van der Waals surface area (Å²) in [6.45, 7) is 2.91. The highest BCUT2D eigenvalue weighted by atomic mass is 16.3. The topological polar surface area (TPSA) is 73.6 Å². The smallest absolute Gasteiger partial charge is 0.272 e. The van der Waals surface area contributed by atoms with Crippen molar-refractivity contribution in [2.75, 3.05) is 11.4 Å². The third-order valence-electron chi connectivity index (χ3n) is 3.81. The Kier molecular flexibility index (Phi) is 4.43. The second kappa shape index (κ2) is 6.66. The second-order valence-corrected chi connectivity index (χ2v) is 5.52. The van der Waals surface area contributed by atoms with Crippen molar-refractivity contribution in [2.24, 2.45) is 0 Å². The minimum absolute atomic E-state index is 0.140. The molecule has 6 nitrogen and oxygen atoms in total. The van der Waals surface area contributed by atoms with Gasteiger partial charge in [0, 0.05) is 30.6 Å².